The zero-order valence-electron chi connectivity index (χ0n) is 9.11. The summed E-state index contributed by atoms with van der Waals surface area (Å²) >= 11 is 1.63. The zero-order chi connectivity index (χ0) is 11.0. The van der Waals surface area contributed by atoms with Gasteiger partial charge in [0.25, 0.3) is 0 Å². The maximum atomic E-state index is 9.20. The molecule has 1 aromatic heterocycles. The van der Waals surface area contributed by atoms with Gasteiger partial charge >= 0.3 is 0 Å². The summed E-state index contributed by atoms with van der Waals surface area (Å²) in [7, 11) is 0. The van der Waals surface area contributed by atoms with E-state index in [1.165, 1.54) is 31.4 Å². The molecule has 1 aromatic rings. The first kappa shape index (κ1) is 10.2. The second-order valence-electron chi connectivity index (χ2n) is 4.75. The fraction of sp³-hybridized carbons (Fsp3) is 0.667. The Morgan fingerprint density at radius 1 is 1.44 bits per heavy atom. The van der Waals surface area contributed by atoms with E-state index in [9.17, 15) is 5.26 Å². The predicted octanol–water partition coefficient (Wildman–Crippen LogP) is 2.59. The Balaban J connectivity index is 1.85. The third-order valence-corrected chi connectivity index (χ3v) is 4.68. The van der Waals surface area contributed by atoms with Crippen LogP contribution in [0.3, 0.4) is 0 Å². The minimum Gasteiger partial charge on any atom is -0.377 e. The lowest BCUT2D eigenvalue weighted by atomic mass is 9.89. The van der Waals surface area contributed by atoms with Crippen LogP contribution in [0.1, 0.15) is 42.3 Å². The highest BCUT2D eigenvalue weighted by atomic mass is 32.1. The first-order valence-corrected chi connectivity index (χ1v) is 6.67. The lowest BCUT2D eigenvalue weighted by Crippen LogP contribution is -2.45. The minimum absolute atomic E-state index is 0.429. The molecule has 16 heavy (non-hydrogen) atoms. The normalized spacial score (nSPS) is 23.9. The van der Waals surface area contributed by atoms with Crippen molar-refractivity contribution in [3.8, 4) is 6.07 Å². The highest BCUT2D eigenvalue weighted by molar-refractivity contribution is 7.09. The van der Waals surface area contributed by atoms with Gasteiger partial charge in [-0.2, -0.15) is 5.26 Å². The topological polar surface area (TPSA) is 45.9 Å². The van der Waals surface area contributed by atoms with Gasteiger partial charge in [-0.05, 0) is 12.8 Å². The van der Waals surface area contributed by atoms with E-state index in [1.807, 2.05) is 0 Å². The molecule has 1 saturated carbocycles. The van der Waals surface area contributed by atoms with Crippen molar-refractivity contribution in [3.63, 3.8) is 0 Å². The molecule has 0 aromatic carbocycles. The summed E-state index contributed by atoms with van der Waals surface area (Å²) in [5.41, 5.74) is 0.778. The van der Waals surface area contributed by atoms with Crippen LogP contribution >= 0.6 is 11.3 Å². The van der Waals surface area contributed by atoms with E-state index in [0.717, 1.165) is 5.01 Å². The molecule has 1 saturated heterocycles. The van der Waals surface area contributed by atoms with E-state index in [4.69, 9.17) is 4.74 Å². The molecule has 0 radical (unpaired) electrons. The van der Waals surface area contributed by atoms with E-state index in [2.05, 4.69) is 16.4 Å². The molecule has 0 spiro atoms. The number of ether oxygens (including phenoxy) is 1. The van der Waals surface area contributed by atoms with Gasteiger partial charge in [0, 0.05) is 11.3 Å². The molecule has 1 aliphatic carbocycles. The minimum atomic E-state index is -0.429. The Morgan fingerprint density at radius 2 is 2.19 bits per heavy atom. The van der Waals surface area contributed by atoms with Crippen LogP contribution in [-0.4, -0.2) is 18.2 Å². The van der Waals surface area contributed by atoms with Crippen molar-refractivity contribution in [2.24, 2.45) is 0 Å². The van der Waals surface area contributed by atoms with E-state index < -0.39 is 5.41 Å². The number of rotatable bonds is 2. The molecular formula is C12H14N2OS. The van der Waals surface area contributed by atoms with Gasteiger partial charge in [-0.3, -0.25) is 0 Å². The van der Waals surface area contributed by atoms with Crippen LogP contribution in [0.2, 0.25) is 0 Å². The van der Waals surface area contributed by atoms with Gasteiger partial charge in [-0.15, -0.1) is 11.3 Å². The lowest BCUT2D eigenvalue weighted by molar-refractivity contribution is -0.0299. The predicted molar refractivity (Wildman–Crippen MR) is 61.4 cm³/mol. The number of hydrogen-bond acceptors (Lipinski definition) is 4. The number of nitrogens with zero attached hydrogens (tertiary/aromatic N) is 2. The summed E-state index contributed by atoms with van der Waals surface area (Å²) in [6.07, 6.45) is 5.17. The monoisotopic (exact) mass is 234 g/mol. The fourth-order valence-electron chi connectivity index (χ4n) is 2.46. The average Bonchev–Trinajstić information content (AvgIpc) is 2.86. The van der Waals surface area contributed by atoms with Gasteiger partial charge in [0.05, 0.1) is 25.0 Å². The van der Waals surface area contributed by atoms with Crippen LogP contribution in [0.4, 0.5) is 0 Å². The Morgan fingerprint density at radius 3 is 2.75 bits per heavy atom. The van der Waals surface area contributed by atoms with Crippen molar-refractivity contribution in [1.82, 2.24) is 4.98 Å². The Bertz CT molecular complexity index is 424. The van der Waals surface area contributed by atoms with Crippen molar-refractivity contribution in [2.45, 2.75) is 37.0 Å². The van der Waals surface area contributed by atoms with E-state index in [-0.39, 0.29) is 0 Å². The van der Waals surface area contributed by atoms with Crippen molar-refractivity contribution in [3.05, 3.63) is 16.1 Å². The second-order valence-corrected chi connectivity index (χ2v) is 5.60. The van der Waals surface area contributed by atoms with Gasteiger partial charge in [-0.1, -0.05) is 12.8 Å². The Labute approximate surface area is 99.1 Å². The summed E-state index contributed by atoms with van der Waals surface area (Å²) < 4.78 is 5.16. The molecule has 2 aliphatic rings. The van der Waals surface area contributed by atoms with Crippen molar-refractivity contribution in [1.29, 1.82) is 5.26 Å². The standard InChI is InChI=1S/C12H14N2OS/c13-6-12(7-15-8-12)11-14-10(5-16-11)9-3-1-2-4-9/h5,9H,1-4,7-8H2. The molecule has 0 unspecified atom stereocenters. The quantitative estimate of drug-likeness (QED) is 0.790. The van der Waals surface area contributed by atoms with Gasteiger partial charge in [-0.25, -0.2) is 4.98 Å². The molecule has 0 N–H and O–H groups in total. The van der Waals surface area contributed by atoms with Crippen molar-refractivity contribution >= 4 is 11.3 Å². The van der Waals surface area contributed by atoms with Gasteiger partial charge in [0.1, 0.15) is 5.01 Å². The number of nitriles is 1. The third kappa shape index (κ3) is 1.47. The molecule has 0 atom stereocenters. The van der Waals surface area contributed by atoms with Crippen molar-refractivity contribution < 1.29 is 4.74 Å². The molecule has 84 valence electrons. The van der Waals surface area contributed by atoms with Crippen LogP contribution in [0.5, 0.6) is 0 Å². The summed E-state index contributed by atoms with van der Waals surface area (Å²) in [5.74, 6) is 0.640. The van der Waals surface area contributed by atoms with Crippen LogP contribution in [-0.2, 0) is 10.2 Å². The second kappa shape index (κ2) is 3.83. The summed E-state index contributed by atoms with van der Waals surface area (Å²) in [6, 6.07) is 2.36. The number of hydrogen-bond donors (Lipinski definition) is 0. The first-order chi connectivity index (χ1) is 7.84. The Kier molecular flexibility index (Phi) is 2.45. The molecule has 2 heterocycles. The molecule has 2 fully saturated rings. The maximum Gasteiger partial charge on any atom is 0.155 e. The average molecular weight is 234 g/mol. The molecule has 0 amide bonds. The molecule has 4 heteroatoms. The smallest absolute Gasteiger partial charge is 0.155 e. The molecular weight excluding hydrogens is 220 g/mol. The van der Waals surface area contributed by atoms with Gasteiger partial charge in [0.2, 0.25) is 0 Å². The van der Waals surface area contributed by atoms with Crippen LogP contribution < -0.4 is 0 Å². The van der Waals surface area contributed by atoms with Crippen LogP contribution in [0.15, 0.2) is 5.38 Å². The number of aromatic nitrogens is 1. The van der Waals surface area contributed by atoms with Crippen molar-refractivity contribution in [2.75, 3.05) is 13.2 Å². The maximum absolute atomic E-state index is 9.20. The highest BCUT2D eigenvalue weighted by Gasteiger charge is 2.43. The van der Waals surface area contributed by atoms with E-state index >= 15 is 0 Å². The zero-order valence-corrected chi connectivity index (χ0v) is 9.92. The van der Waals surface area contributed by atoms with E-state index in [0.29, 0.717) is 19.1 Å². The summed E-state index contributed by atoms with van der Waals surface area (Å²) in [5, 5.41) is 12.3. The lowest BCUT2D eigenvalue weighted by Gasteiger charge is -2.32. The fourth-order valence-corrected chi connectivity index (χ4v) is 3.48. The Hall–Kier alpha value is -0.920. The van der Waals surface area contributed by atoms with E-state index in [1.54, 1.807) is 11.3 Å². The summed E-state index contributed by atoms with van der Waals surface area (Å²) in [4.78, 5) is 4.67. The van der Waals surface area contributed by atoms with Crippen LogP contribution in [0.25, 0.3) is 0 Å². The molecule has 0 bridgehead atoms. The summed E-state index contributed by atoms with van der Waals surface area (Å²) in [6.45, 7) is 1.03. The number of thiazole rings is 1. The molecule has 3 nitrogen and oxygen atoms in total. The van der Waals surface area contributed by atoms with Gasteiger partial charge < -0.3 is 4.74 Å². The highest BCUT2D eigenvalue weighted by Crippen LogP contribution is 2.38. The SMILES string of the molecule is N#CC1(c2nc(C3CCCC3)cs2)COC1. The largest absolute Gasteiger partial charge is 0.377 e. The first-order valence-electron chi connectivity index (χ1n) is 5.79. The molecule has 1 aliphatic heterocycles. The third-order valence-electron chi connectivity index (χ3n) is 3.62. The molecule has 3 rings (SSSR count). The van der Waals surface area contributed by atoms with Gasteiger partial charge in [0.15, 0.2) is 5.41 Å². The van der Waals surface area contributed by atoms with Crippen LogP contribution in [0, 0.1) is 11.3 Å².